The first-order valence-electron chi connectivity index (χ1n) is 7.03. The third kappa shape index (κ3) is 12.6. The molecule has 2 heteroatoms. The fourth-order valence-electron chi connectivity index (χ4n) is 1.74. The first kappa shape index (κ1) is 17.3. The van der Waals surface area contributed by atoms with Gasteiger partial charge < -0.3 is 5.32 Å². The van der Waals surface area contributed by atoms with E-state index in [9.17, 15) is 0 Å². The SMILES string of the molecule is CCCC(CCSC(C)(C)C)CNC(C)(C)C. The van der Waals surface area contributed by atoms with Gasteiger partial charge in [0.25, 0.3) is 0 Å². The maximum absolute atomic E-state index is 3.65. The maximum Gasteiger partial charge on any atom is 0.00966 e. The second-order valence-corrected chi connectivity index (χ2v) is 8.96. The molecule has 0 saturated carbocycles. The zero-order chi connectivity index (χ0) is 13.5. The van der Waals surface area contributed by atoms with Crippen LogP contribution in [0.5, 0.6) is 0 Å². The number of hydrogen-bond acceptors (Lipinski definition) is 2. The van der Waals surface area contributed by atoms with Crippen LogP contribution in [0, 0.1) is 5.92 Å². The molecule has 0 aliphatic carbocycles. The molecule has 0 fully saturated rings. The molecule has 0 rings (SSSR count). The largest absolute Gasteiger partial charge is 0.312 e. The number of hydrogen-bond donors (Lipinski definition) is 1. The van der Waals surface area contributed by atoms with Gasteiger partial charge in [-0.2, -0.15) is 11.8 Å². The van der Waals surface area contributed by atoms with Crippen molar-refractivity contribution in [1.82, 2.24) is 5.32 Å². The number of thioether (sulfide) groups is 1. The number of rotatable bonds is 7. The average molecular weight is 260 g/mol. The second kappa shape index (κ2) is 7.68. The average Bonchev–Trinajstić information content (AvgIpc) is 2.11. The molecule has 1 unspecified atom stereocenters. The molecule has 17 heavy (non-hydrogen) atoms. The van der Waals surface area contributed by atoms with E-state index >= 15 is 0 Å². The lowest BCUT2D eigenvalue weighted by Gasteiger charge is -2.26. The van der Waals surface area contributed by atoms with Crippen LogP contribution in [-0.2, 0) is 0 Å². The third-order valence-electron chi connectivity index (χ3n) is 2.68. The van der Waals surface area contributed by atoms with Crippen molar-refractivity contribution in [3.63, 3.8) is 0 Å². The molecular weight excluding hydrogens is 226 g/mol. The summed E-state index contributed by atoms with van der Waals surface area (Å²) in [4.78, 5) is 0. The smallest absolute Gasteiger partial charge is 0.00966 e. The Morgan fingerprint density at radius 3 is 2.00 bits per heavy atom. The van der Waals surface area contributed by atoms with Gasteiger partial charge in [0.05, 0.1) is 0 Å². The zero-order valence-corrected chi connectivity index (χ0v) is 13.8. The molecule has 0 spiro atoms. The zero-order valence-electron chi connectivity index (χ0n) is 13.0. The first-order chi connectivity index (χ1) is 7.64. The van der Waals surface area contributed by atoms with Crippen LogP contribution in [0.1, 0.15) is 67.7 Å². The highest BCUT2D eigenvalue weighted by molar-refractivity contribution is 8.00. The summed E-state index contributed by atoms with van der Waals surface area (Å²) in [6.07, 6.45) is 4.00. The Hall–Kier alpha value is 0.310. The third-order valence-corrected chi connectivity index (χ3v) is 3.99. The van der Waals surface area contributed by atoms with Gasteiger partial charge in [0, 0.05) is 10.3 Å². The van der Waals surface area contributed by atoms with E-state index in [1.54, 1.807) is 0 Å². The molecule has 0 aromatic heterocycles. The fourth-order valence-corrected chi connectivity index (χ4v) is 2.80. The molecule has 0 aliphatic rings. The molecule has 1 atom stereocenters. The topological polar surface area (TPSA) is 12.0 Å². The van der Waals surface area contributed by atoms with E-state index in [4.69, 9.17) is 0 Å². The van der Waals surface area contributed by atoms with Crippen molar-refractivity contribution in [2.75, 3.05) is 12.3 Å². The van der Waals surface area contributed by atoms with Crippen LogP contribution in [0.4, 0.5) is 0 Å². The molecule has 0 bridgehead atoms. The molecule has 104 valence electrons. The Kier molecular flexibility index (Phi) is 7.82. The van der Waals surface area contributed by atoms with Crippen LogP contribution in [0.15, 0.2) is 0 Å². The van der Waals surface area contributed by atoms with Crippen LogP contribution >= 0.6 is 11.8 Å². The molecule has 1 nitrogen and oxygen atoms in total. The van der Waals surface area contributed by atoms with Gasteiger partial charge >= 0.3 is 0 Å². The van der Waals surface area contributed by atoms with Gasteiger partial charge in [-0.1, -0.05) is 34.1 Å². The molecule has 0 aliphatic heterocycles. The van der Waals surface area contributed by atoms with Gasteiger partial charge in [-0.05, 0) is 51.8 Å². The van der Waals surface area contributed by atoms with Crippen molar-refractivity contribution in [2.45, 2.75) is 78.0 Å². The molecule has 0 radical (unpaired) electrons. The summed E-state index contributed by atoms with van der Waals surface area (Å²) in [5, 5.41) is 3.65. The minimum Gasteiger partial charge on any atom is -0.312 e. The van der Waals surface area contributed by atoms with Crippen LogP contribution in [0.2, 0.25) is 0 Å². The van der Waals surface area contributed by atoms with E-state index in [2.05, 4.69) is 65.5 Å². The molecule has 0 aromatic carbocycles. The predicted molar refractivity (Wildman–Crippen MR) is 83.0 cm³/mol. The van der Waals surface area contributed by atoms with Gasteiger partial charge in [0.2, 0.25) is 0 Å². The first-order valence-corrected chi connectivity index (χ1v) is 8.01. The van der Waals surface area contributed by atoms with Crippen LogP contribution < -0.4 is 5.32 Å². The van der Waals surface area contributed by atoms with E-state index in [0.717, 1.165) is 5.92 Å². The summed E-state index contributed by atoms with van der Waals surface area (Å²) in [6.45, 7) is 17.1. The Bertz CT molecular complexity index is 188. The molecular formula is C15H33NS. The lowest BCUT2D eigenvalue weighted by molar-refractivity contribution is 0.351. The number of nitrogens with one attached hydrogen (secondary N) is 1. The Morgan fingerprint density at radius 1 is 1.00 bits per heavy atom. The Labute approximate surface area is 114 Å². The highest BCUT2D eigenvalue weighted by Gasteiger charge is 2.15. The van der Waals surface area contributed by atoms with Gasteiger partial charge in [0.15, 0.2) is 0 Å². The molecule has 0 saturated heterocycles. The highest BCUT2D eigenvalue weighted by Crippen LogP contribution is 2.26. The van der Waals surface area contributed by atoms with Gasteiger partial charge in [-0.15, -0.1) is 0 Å². The molecule has 0 aromatic rings. The van der Waals surface area contributed by atoms with Crippen LogP contribution in [0.25, 0.3) is 0 Å². The van der Waals surface area contributed by atoms with E-state index in [-0.39, 0.29) is 5.54 Å². The van der Waals surface area contributed by atoms with E-state index in [1.807, 2.05) is 0 Å². The Morgan fingerprint density at radius 2 is 1.59 bits per heavy atom. The minimum absolute atomic E-state index is 0.253. The highest BCUT2D eigenvalue weighted by atomic mass is 32.2. The summed E-state index contributed by atoms with van der Waals surface area (Å²) >= 11 is 2.09. The molecule has 0 heterocycles. The van der Waals surface area contributed by atoms with E-state index in [1.165, 1.54) is 31.6 Å². The maximum atomic E-state index is 3.65. The van der Waals surface area contributed by atoms with E-state index in [0.29, 0.717) is 4.75 Å². The summed E-state index contributed by atoms with van der Waals surface area (Å²) in [6, 6.07) is 0. The van der Waals surface area contributed by atoms with Gasteiger partial charge in [0.1, 0.15) is 0 Å². The van der Waals surface area contributed by atoms with Gasteiger partial charge in [-0.3, -0.25) is 0 Å². The van der Waals surface area contributed by atoms with E-state index < -0.39 is 0 Å². The summed E-state index contributed by atoms with van der Waals surface area (Å²) in [7, 11) is 0. The van der Waals surface area contributed by atoms with Crippen molar-refractivity contribution in [1.29, 1.82) is 0 Å². The normalized spacial score (nSPS) is 15.0. The summed E-state index contributed by atoms with van der Waals surface area (Å²) < 4.78 is 0.411. The summed E-state index contributed by atoms with van der Waals surface area (Å²) in [5.74, 6) is 2.13. The molecule has 1 N–H and O–H groups in total. The van der Waals surface area contributed by atoms with Crippen molar-refractivity contribution >= 4 is 11.8 Å². The van der Waals surface area contributed by atoms with Crippen molar-refractivity contribution in [3.8, 4) is 0 Å². The minimum atomic E-state index is 0.253. The summed E-state index contributed by atoms with van der Waals surface area (Å²) in [5.41, 5.74) is 0.253. The Balaban J connectivity index is 3.90. The predicted octanol–water partition coefficient (Wildman–Crippen LogP) is 4.71. The van der Waals surface area contributed by atoms with Crippen LogP contribution in [-0.4, -0.2) is 22.6 Å². The van der Waals surface area contributed by atoms with Crippen molar-refractivity contribution in [2.24, 2.45) is 5.92 Å². The standard InChI is InChI=1S/C15H33NS/c1-8-9-13(12-16-14(2,3)4)10-11-17-15(5,6)7/h13,16H,8-12H2,1-7H3. The van der Waals surface area contributed by atoms with Crippen molar-refractivity contribution < 1.29 is 0 Å². The lowest BCUT2D eigenvalue weighted by Crippen LogP contribution is -2.39. The monoisotopic (exact) mass is 259 g/mol. The molecule has 0 amide bonds. The van der Waals surface area contributed by atoms with Gasteiger partial charge in [-0.25, -0.2) is 0 Å². The fraction of sp³-hybridized carbons (Fsp3) is 1.00. The lowest BCUT2D eigenvalue weighted by atomic mass is 9.99. The quantitative estimate of drug-likeness (QED) is 0.710. The second-order valence-electron chi connectivity index (χ2n) is 7.04. The van der Waals surface area contributed by atoms with Crippen LogP contribution in [0.3, 0.4) is 0 Å². The van der Waals surface area contributed by atoms with Crippen molar-refractivity contribution in [3.05, 3.63) is 0 Å².